The Bertz CT molecular complexity index is 426. The van der Waals surface area contributed by atoms with Gasteiger partial charge in [-0.3, -0.25) is 4.98 Å². The summed E-state index contributed by atoms with van der Waals surface area (Å²) in [7, 11) is 0. The molecule has 2 rings (SSSR count). The maximum Gasteiger partial charge on any atom is 0.211 e. The van der Waals surface area contributed by atoms with Gasteiger partial charge in [0.1, 0.15) is 5.69 Å². The molecule has 5 nitrogen and oxygen atoms in total. The molecular formula is C6H3I2N5. The van der Waals surface area contributed by atoms with Gasteiger partial charge in [0.15, 0.2) is 0 Å². The van der Waals surface area contributed by atoms with E-state index in [1.807, 2.05) is 35.0 Å². The number of pyridine rings is 1. The van der Waals surface area contributed by atoms with E-state index in [9.17, 15) is 0 Å². The van der Waals surface area contributed by atoms with Gasteiger partial charge in [0.05, 0.1) is 22.9 Å². The van der Waals surface area contributed by atoms with Gasteiger partial charge >= 0.3 is 0 Å². The average Bonchev–Trinajstić information content (AvgIpc) is 2.52. The quantitative estimate of drug-likeness (QED) is 0.684. The molecule has 2 aromatic rings. The molecule has 0 spiro atoms. The van der Waals surface area contributed by atoms with Crippen molar-refractivity contribution in [1.82, 2.24) is 23.4 Å². The van der Waals surface area contributed by atoms with Crippen LogP contribution in [-0.4, -0.2) is 23.4 Å². The molecule has 0 N–H and O–H groups in total. The number of nitrogens with zero attached hydrogens (tertiary/aromatic N) is 5. The van der Waals surface area contributed by atoms with Gasteiger partial charge in [0, 0.05) is 9.77 Å². The summed E-state index contributed by atoms with van der Waals surface area (Å²) in [5.41, 5.74) is 0.808. The Balaban J connectivity index is 2.59. The number of halogens is 2. The van der Waals surface area contributed by atoms with E-state index in [4.69, 9.17) is 0 Å². The zero-order chi connectivity index (χ0) is 9.26. The molecule has 7 heteroatoms. The van der Waals surface area contributed by atoms with Crippen LogP contribution in [0.4, 0.5) is 0 Å². The van der Waals surface area contributed by atoms with Crippen LogP contribution in [0.15, 0.2) is 18.3 Å². The molecule has 0 fully saturated rings. The molecule has 66 valence electrons. The molecule has 0 saturated heterocycles. The first-order valence-electron chi connectivity index (χ1n) is 3.34. The topological polar surface area (TPSA) is 56.5 Å². The van der Waals surface area contributed by atoms with Gasteiger partial charge in [0.25, 0.3) is 0 Å². The van der Waals surface area contributed by atoms with Crippen LogP contribution >= 0.6 is 45.5 Å². The molecular weight excluding hydrogens is 396 g/mol. The Morgan fingerprint density at radius 1 is 1.38 bits per heavy atom. The van der Waals surface area contributed by atoms with Gasteiger partial charge in [-0.15, -0.1) is 5.10 Å². The van der Waals surface area contributed by atoms with E-state index in [0.29, 0.717) is 5.82 Å². The third-order valence-corrected chi connectivity index (χ3v) is 2.92. The van der Waals surface area contributed by atoms with E-state index in [-0.39, 0.29) is 0 Å². The van der Waals surface area contributed by atoms with Gasteiger partial charge < -0.3 is 0 Å². The van der Waals surface area contributed by atoms with Crippen LogP contribution in [0, 0.1) is 3.57 Å². The molecule has 0 bridgehead atoms. The molecule has 0 saturated carbocycles. The first kappa shape index (κ1) is 9.24. The highest BCUT2D eigenvalue weighted by Gasteiger charge is 2.10. The molecule has 13 heavy (non-hydrogen) atoms. The summed E-state index contributed by atoms with van der Waals surface area (Å²) in [6.07, 6.45) is 1.73. The molecule has 0 unspecified atom stereocenters. The molecule has 2 aromatic heterocycles. The SMILES string of the molecule is Ic1cccnc1-c1nnnn1I. The van der Waals surface area contributed by atoms with Crippen molar-refractivity contribution in [2.24, 2.45) is 0 Å². The average molecular weight is 399 g/mol. The number of hydrogen-bond acceptors (Lipinski definition) is 4. The van der Waals surface area contributed by atoms with E-state index < -0.39 is 0 Å². The summed E-state index contributed by atoms with van der Waals surface area (Å²) in [5.74, 6) is 0.672. The largest absolute Gasteiger partial charge is 0.252 e. The van der Waals surface area contributed by atoms with Gasteiger partial charge in [-0.1, -0.05) is 0 Å². The lowest BCUT2D eigenvalue weighted by molar-refractivity contribution is 0.870. The number of aromatic nitrogens is 5. The minimum atomic E-state index is 0.672. The zero-order valence-electron chi connectivity index (χ0n) is 6.22. The Morgan fingerprint density at radius 3 is 2.85 bits per heavy atom. The maximum atomic E-state index is 4.21. The Labute approximate surface area is 102 Å². The van der Waals surface area contributed by atoms with Crippen molar-refractivity contribution in [2.45, 2.75) is 0 Å². The summed E-state index contributed by atoms with van der Waals surface area (Å²) < 4.78 is 2.61. The second-order valence-electron chi connectivity index (χ2n) is 2.20. The van der Waals surface area contributed by atoms with Gasteiger partial charge in [-0.05, 0) is 45.2 Å². The van der Waals surface area contributed by atoms with E-state index in [1.54, 1.807) is 9.09 Å². The van der Waals surface area contributed by atoms with Crippen LogP contribution in [0.2, 0.25) is 0 Å². The minimum Gasteiger partial charge on any atom is -0.252 e. The predicted octanol–water partition coefficient (Wildman–Crippen LogP) is 1.54. The number of rotatable bonds is 1. The normalized spacial score (nSPS) is 10.3. The fourth-order valence-electron chi connectivity index (χ4n) is 0.862. The third-order valence-electron chi connectivity index (χ3n) is 1.40. The lowest BCUT2D eigenvalue weighted by Gasteiger charge is -1.98. The number of tetrazole rings is 1. The summed E-state index contributed by atoms with van der Waals surface area (Å²) in [6.45, 7) is 0. The maximum absolute atomic E-state index is 4.21. The molecule has 2 heterocycles. The van der Waals surface area contributed by atoms with E-state index >= 15 is 0 Å². The van der Waals surface area contributed by atoms with Crippen LogP contribution in [0.25, 0.3) is 11.5 Å². The monoisotopic (exact) mass is 399 g/mol. The Kier molecular flexibility index (Phi) is 2.71. The minimum absolute atomic E-state index is 0.672. The summed E-state index contributed by atoms with van der Waals surface area (Å²) in [5, 5.41) is 11.2. The van der Waals surface area contributed by atoms with Crippen molar-refractivity contribution in [1.29, 1.82) is 0 Å². The molecule has 0 aliphatic carbocycles. The second kappa shape index (κ2) is 3.82. The summed E-state index contributed by atoms with van der Waals surface area (Å²) in [6, 6.07) is 3.85. The van der Waals surface area contributed by atoms with Crippen LogP contribution in [0.1, 0.15) is 0 Å². The summed E-state index contributed by atoms with van der Waals surface area (Å²) in [4.78, 5) is 4.21. The van der Waals surface area contributed by atoms with Crippen LogP contribution < -0.4 is 0 Å². The van der Waals surface area contributed by atoms with Crippen molar-refractivity contribution in [3.63, 3.8) is 0 Å². The molecule has 0 aromatic carbocycles. The van der Waals surface area contributed by atoms with Gasteiger partial charge in [-0.2, -0.15) is 2.90 Å². The van der Waals surface area contributed by atoms with Crippen molar-refractivity contribution in [3.8, 4) is 11.5 Å². The van der Waals surface area contributed by atoms with E-state index in [2.05, 4.69) is 43.1 Å². The van der Waals surface area contributed by atoms with Crippen molar-refractivity contribution in [2.75, 3.05) is 0 Å². The lowest BCUT2D eigenvalue weighted by Crippen LogP contribution is -1.93. The van der Waals surface area contributed by atoms with Crippen LogP contribution in [0.5, 0.6) is 0 Å². The van der Waals surface area contributed by atoms with Gasteiger partial charge in [-0.25, -0.2) is 0 Å². The van der Waals surface area contributed by atoms with Gasteiger partial charge in [0.2, 0.25) is 5.82 Å². The zero-order valence-corrected chi connectivity index (χ0v) is 10.5. The third kappa shape index (κ3) is 1.80. The fourth-order valence-corrected chi connectivity index (χ4v) is 1.86. The molecule has 0 aliphatic heterocycles. The molecule has 0 radical (unpaired) electrons. The lowest BCUT2D eigenvalue weighted by atomic mass is 10.3. The highest BCUT2D eigenvalue weighted by Crippen LogP contribution is 2.20. The Hall–Kier alpha value is -0.320. The fraction of sp³-hybridized carbons (Fsp3) is 0. The molecule has 0 amide bonds. The first-order valence-corrected chi connectivity index (χ1v) is 5.39. The highest BCUT2D eigenvalue weighted by atomic mass is 127. The first-order chi connectivity index (χ1) is 6.29. The molecule has 0 atom stereocenters. The van der Waals surface area contributed by atoms with Crippen molar-refractivity contribution in [3.05, 3.63) is 21.9 Å². The second-order valence-corrected chi connectivity index (χ2v) is 4.27. The number of hydrogen-bond donors (Lipinski definition) is 0. The van der Waals surface area contributed by atoms with Crippen LogP contribution in [-0.2, 0) is 0 Å². The standard InChI is InChI=1S/C6H3I2N5/c7-4-2-1-3-9-5(4)6-10-11-12-13(6)8/h1-3H. The van der Waals surface area contributed by atoms with Crippen LogP contribution in [0.3, 0.4) is 0 Å². The van der Waals surface area contributed by atoms with Crippen molar-refractivity contribution < 1.29 is 0 Å². The van der Waals surface area contributed by atoms with Crippen molar-refractivity contribution >= 4 is 45.5 Å². The van der Waals surface area contributed by atoms with E-state index in [1.165, 1.54) is 0 Å². The Morgan fingerprint density at radius 2 is 2.23 bits per heavy atom. The molecule has 0 aliphatic rings. The van der Waals surface area contributed by atoms with E-state index in [0.717, 1.165) is 9.26 Å². The summed E-state index contributed by atoms with van der Waals surface area (Å²) >= 11 is 4.22. The smallest absolute Gasteiger partial charge is 0.211 e. The predicted molar refractivity (Wildman–Crippen MR) is 63.2 cm³/mol. The highest BCUT2D eigenvalue weighted by molar-refractivity contribution is 14.1.